The number of nitrogens with one attached hydrogen (secondary N) is 1. The largest absolute Gasteiger partial charge is 0.318 e. The van der Waals surface area contributed by atoms with Gasteiger partial charge in [-0.2, -0.15) is 0 Å². The number of fused-ring (bicyclic) bond motifs is 1. The summed E-state index contributed by atoms with van der Waals surface area (Å²) in [6.45, 7) is 0. The second kappa shape index (κ2) is 3.12. The molecule has 2 rings (SSSR count). The molecule has 0 spiro atoms. The van der Waals surface area contributed by atoms with Gasteiger partial charge in [-0.25, -0.2) is 4.98 Å². The molecule has 0 amide bonds. The van der Waals surface area contributed by atoms with Crippen molar-refractivity contribution in [2.75, 3.05) is 0 Å². The van der Waals surface area contributed by atoms with Crippen LogP contribution in [0.3, 0.4) is 0 Å². The van der Waals surface area contributed by atoms with Gasteiger partial charge in [-0.1, -0.05) is 27.5 Å². The van der Waals surface area contributed by atoms with Crippen LogP contribution in [-0.4, -0.2) is 9.97 Å². The minimum atomic E-state index is -0.364. The van der Waals surface area contributed by atoms with Gasteiger partial charge in [-0.15, -0.1) is 0 Å². The Kier molecular flexibility index (Phi) is 2.09. The zero-order valence-electron chi connectivity index (χ0n) is 6.34. The molecule has 5 heteroatoms. The Morgan fingerprint density at radius 2 is 2.23 bits per heavy atom. The molecule has 0 aliphatic heterocycles. The normalized spacial score (nSPS) is 10.6. The number of hydrogen-bond donors (Lipinski definition) is 1. The molecule has 0 aliphatic carbocycles. The molecule has 0 aliphatic rings. The van der Waals surface area contributed by atoms with Crippen molar-refractivity contribution >= 4 is 38.6 Å². The van der Waals surface area contributed by atoms with E-state index in [1.54, 1.807) is 12.1 Å². The van der Waals surface area contributed by atoms with E-state index in [0.717, 1.165) is 4.47 Å². The Hall–Kier alpha value is -0.870. The van der Waals surface area contributed by atoms with Crippen LogP contribution in [0, 0.1) is 0 Å². The third-order valence-corrected chi connectivity index (χ3v) is 2.36. The summed E-state index contributed by atoms with van der Waals surface area (Å²) in [5, 5.41) is -0.0365. The molecule has 0 saturated carbocycles. The van der Waals surface area contributed by atoms with Gasteiger partial charge < -0.3 is 4.98 Å². The van der Waals surface area contributed by atoms with E-state index >= 15 is 0 Å². The molecule has 1 aromatic carbocycles. The fourth-order valence-corrected chi connectivity index (χ4v) is 1.52. The monoisotopic (exact) mass is 258 g/mol. The summed E-state index contributed by atoms with van der Waals surface area (Å²) < 4.78 is 0.899. The van der Waals surface area contributed by atoms with E-state index in [1.165, 1.54) is 0 Å². The SMILES string of the molecule is O=c1[nH]c2ccc(Br)cc2nc1Cl. The lowest BCUT2D eigenvalue weighted by molar-refractivity contribution is 1.22. The zero-order chi connectivity index (χ0) is 9.42. The van der Waals surface area contributed by atoms with Crippen LogP contribution in [-0.2, 0) is 0 Å². The van der Waals surface area contributed by atoms with E-state index in [0.29, 0.717) is 11.0 Å². The standard InChI is InChI=1S/C8H4BrClN2O/c9-4-1-2-5-6(3-4)11-7(10)8(13)12-5/h1-3H,(H,12,13). The fourth-order valence-electron chi connectivity index (χ4n) is 1.03. The number of rotatable bonds is 0. The first-order chi connectivity index (χ1) is 6.16. The first kappa shape index (κ1) is 8.72. The van der Waals surface area contributed by atoms with Gasteiger partial charge in [0.25, 0.3) is 5.56 Å². The van der Waals surface area contributed by atoms with Crippen LogP contribution in [0.15, 0.2) is 27.5 Å². The fraction of sp³-hybridized carbons (Fsp3) is 0. The van der Waals surface area contributed by atoms with Crippen LogP contribution < -0.4 is 5.56 Å². The molecule has 0 atom stereocenters. The number of benzene rings is 1. The molecule has 3 nitrogen and oxygen atoms in total. The smallest absolute Gasteiger partial charge is 0.286 e. The van der Waals surface area contributed by atoms with Crippen LogP contribution in [0.4, 0.5) is 0 Å². The third kappa shape index (κ3) is 1.59. The Bertz CT molecular complexity index is 523. The average Bonchev–Trinajstić information content (AvgIpc) is 2.08. The average molecular weight is 259 g/mol. The summed E-state index contributed by atoms with van der Waals surface area (Å²) >= 11 is 8.87. The number of aromatic nitrogens is 2. The number of halogens is 2. The van der Waals surface area contributed by atoms with Crippen molar-refractivity contribution in [1.29, 1.82) is 0 Å². The number of H-pyrrole nitrogens is 1. The lowest BCUT2D eigenvalue weighted by Gasteiger charge is -1.97. The van der Waals surface area contributed by atoms with Gasteiger partial charge >= 0.3 is 0 Å². The second-order valence-corrected chi connectivity index (χ2v) is 3.79. The Balaban J connectivity index is 2.89. The van der Waals surface area contributed by atoms with E-state index in [2.05, 4.69) is 25.9 Å². The minimum absolute atomic E-state index is 0.0365. The van der Waals surface area contributed by atoms with Crippen molar-refractivity contribution in [3.63, 3.8) is 0 Å². The first-order valence-electron chi connectivity index (χ1n) is 3.52. The quantitative estimate of drug-likeness (QED) is 0.789. The van der Waals surface area contributed by atoms with E-state index in [-0.39, 0.29) is 10.7 Å². The molecule has 1 heterocycles. The van der Waals surface area contributed by atoms with Crippen LogP contribution >= 0.6 is 27.5 Å². The second-order valence-electron chi connectivity index (χ2n) is 2.52. The summed E-state index contributed by atoms with van der Waals surface area (Å²) in [5.41, 5.74) is 0.980. The first-order valence-corrected chi connectivity index (χ1v) is 4.69. The molecule has 1 aromatic heterocycles. The Morgan fingerprint density at radius 1 is 1.46 bits per heavy atom. The summed E-state index contributed by atoms with van der Waals surface area (Å²) in [4.78, 5) is 17.6. The van der Waals surface area contributed by atoms with E-state index in [4.69, 9.17) is 11.6 Å². The van der Waals surface area contributed by atoms with Gasteiger partial charge in [0.05, 0.1) is 11.0 Å². The van der Waals surface area contributed by atoms with Gasteiger partial charge in [0, 0.05) is 4.47 Å². The molecule has 0 saturated heterocycles. The van der Waals surface area contributed by atoms with Gasteiger partial charge in [-0.05, 0) is 18.2 Å². The molecule has 13 heavy (non-hydrogen) atoms. The summed E-state index contributed by atoms with van der Waals surface area (Å²) in [6.07, 6.45) is 0. The Labute approximate surface area is 86.9 Å². The van der Waals surface area contributed by atoms with Gasteiger partial charge in [0.2, 0.25) is 0 Å². The van der Waals surface area contributed by atoms with E-state index < -0.39 is 0 Å². The maximum Gasteiger partial charge on any atom is 0.286 e. The number of aromatic amines is 1. The highest BCUT2D eigenvalue weighted by Crippen LogP contribution is 2.16. The van der Waals surface area contributed by atoms with Crippen LogP contribution in [0.5, 0.6) is 0 Å². The highest BCUT2D eigenvalue weighted by molar-refractivity contribution is 9.10. The maximum atomic E-state index is 11.1. The van der Waals surface area contributed by atoms with Gasteiger partial charge in [-0.3, -0.25) is 4.79 Å². The topological polar surface area (TPSA) is 45.8 Å². The van der Waals surface area contributed by atoms with Gasteiger partial charge in [0.15, 0.2) is 5.15 Å². The molecular formula is C8H4BrClN2O. The molecule has 0 radical (unpaired) electrons. The summed E-state index contributed by atoms with van der Waals surface area (Å²) in [7, 11) is 0. The lowest BCUT2D eigenvalue weighted by atomic mass is 10.3. The zero-order valence-corrected chi connectivity index (χ0v) is 8.69. The minimum Gasteiger partial charge on any atom is -0.318 e. The third-order valence-electron chi connectivity index (χ3n) is 1.61. The van der Waals surface area contributed by atoms with Crippen LogP contribution in [0.25, 0.3) is 11.0 Å². The van der Waals surface area contributed by atoms with Crippen molar-refractivity contribution < 1.29 is 0 Å². The molecule has 0 bridgehead atoms. The highest BCUT2D eigenvalue weighted by atomic mass is 79.9. The maximum absolute atomic E-state index is 11.1. The number of hydrogen-bond acceptors (Lipinski definition) is 2. The Morgan fingerprint density at radius 3 is 3.00 bits per heavy atom. The van der Waals surface area contributed by atoms with Crippen LogP contribution in [0.2, 0.25) is 5.15 Å². The predicted molar refractivity (Wildman–Crippen MR) is 55.1 cm³/mol. The van der Waals surface area contributed by atoms with Crippen LogP contribution in [0.1, 0.15) is 0 Å². The molecular weight excluding hydrogens is 255 g/mol. The molecule has 2 aromatic rings. The molecule has 66 valence electrons. The summed E-state index contributed by atoms with van der Waals surface area (Å²) in [5.74, 6) is 0. The molecule has 1 N–H and O–H groups in total. The van der Waals surface area contributed by atoms with Crippen molar-refractivity contribution in [3.05, 3.63) is 38.2 Å². The lowest BCUT2D eigenvalue weighted by Crippen LogP contribution is -2.07. The van der Waals surface area contributed by atoms with Crippen molar-refractivity contribution in [2.24, 2.45) is 0 Å². The predicted octanol–water partition coefficient (Wildman–Crippen LogP) is 2.34. The van der Waals surface area contributed by atoms with Crippen molar-refractivity contribution in [2.45, 2.75) is 0 Å². The highest BCUT2D eigenvalue weighted by Gasteiger charge is 2.01. The molecule has 0 fully saturated rings. The van der Waals surface area contributed by atoms with E-state index in [9.17, 15) is 4.79 Å². The van der Waals surface area contributed by atoms with E-state index in [1.807, 2.05) is 6.07 Å². The summed E-state index contributed by atoms with van der Waals surface area (Å²) in [6, 6.07) is 5.38. The van der Waals surface area contributed by atoms with Crippen molar-refractivity contribution in [3.8, 4) is 0 Å². The molecule has 0 unspecified atom stereocenters. The van der Waals surface area contributed by atoms with Gasteiger partial charge in [0.1, 0.15) is 0 Å². The number of nitrogens with zero attached hydrogens (tertiary/aromatic N) is 1. The van der Waals surface area contributed by atoms with Crippen molar-refractivity contribution in [1.82, 2.24) is 9.97 Å².